The maximum absolute atomic E-state index is 10.3. The lowest BCUT2D eigenvalue weighted by Crippen LogP contribution is -1.99. The van der Waals surface area contributed by atoms with E-state index in [1.54, 1.807) is 6.07 Å². The first-order valence-corrected chi connectivity index (χ1v) is 5.92. The molecular weight excluding hydrogens is 259 g/mol. The van der Waals surface area contributed by atoms with Gasteiger partial charge in [0.25, 0.3) is 0 Å². The van der Waals surface area contributed by atoms with Crippen LogP contribution in [0.1, 0.15) is 30.9 Å². The minimum Gasteiger partial charge on any atom is -0.481 e. The smallest absolute Gasteiger partial charge is 0.303 e. The fourth-order valence-corrected chi connectivity index (χ4v) is 2.75. The van der Waals surface area contributed by atoms with Crippen LogP contribution in [0.5, 0.6) is 0 Å². The summed E-state index contributed by atoms with van der Waals surface area (Å²) in [5, 5.41) is 18.1. The molecule has 2 N–H and O–H groups in total. The molecule has 0 aliphatic carbocycles. The molecule has 3 nitrogen and oxygen atoms in total. The van der Waals surface area contributed by atoms with E-state index in [0.29, 0.717) is 27.1 Å². The topological polar surface area (TPSA) is 57.5 Å². The summed E-state index contributed by atoms with van der Waals surface area (Å²) in [7, 11) is 0. The van der Waals surface area contributed by atoms with Crippen LogP contribution in [0.25, 0.3) is 0 Å². The van der Waals surface area contributed by atoms with Crippen LogP contribution in [0.2, 0.25) is 8.67 Å². The first-order chi connectivity index (χ1) is 7.00. The van der Waals surface area contributed by atoms with Gasteiger partial charge in [-0.25, -0.2) is 0 Å². The molecule has 0 aromatic carbocycles. The Balaban J connectivity index is 2.50. The molecule has 0 saturated carbocycles. The Hall–Kier alpha value is -0.290. The number of aliphatic hydroxyl groups is 1. The Kier molecular flexibility index (Phi) is 4.86. The maximum atomic E-state index is 10.3. The van der Waals surface area contributed by atoms with Gasteiger partial charge in [-0.2, -0.15) is 0 Å². The summed E-state index contributed by atoms with van der Waals surface area (Å²) in [4.78, 5) is 10.3. The van der Waals surface area contributed by atoms with E-state index >= 15 is 0 Å². The summed E-state index contributed by atoms with van der Waals surface area (Å²) in [5.74, 6) is -0.864. The standard InChI is InChI=1S/C9H10Cl2O3S/c10-7-4-5(9(11)15-7)6(12)2-1-3-8(13)14/h4,6,12H,1-3H2,(H,13,14). The van der Waals surface area contributed by atoms with Crippen LogP contribution in [0.15, 0.2) is 6.07 Å². The van der Waals surface area contributed by atoms with Crippen molar-refractivity contribution in [2.24, 2.45) is 0 Å². The molecule has 1 atom stereocenters. The molecule has 0 aliphatic rings. The van der Waals surface area contributed by atoms with Crippen LogP contribution in [0, 0.1) is 0 Å². The summed E-state index contributed by atoms with van der Waals surface area (Å²) in [6.07, 6.45) is 0.104. The fraction of sp³-hybridized carbons (Fsp3) is 0.444. The van der Waals surface area contributed by atoms with Gasteiger partial charge < -0.3 is 10.2 Å². The van der Waals surface area contributed by atoms with Gasteiger partial charge >= 0.3 is 5.97 Å². The van der Waals surface area contributed by atoms with Crippen LogP contribution in [0.4, 0.5) is 0 Å². The van der Waals surface area contributed by atoms with Crippen molar-refractivity contribution in [2.75, 3.05) is 0 Å². The second-order valence-corrected chi connectivity index (χ2v) is 5.37. The van der Waals surface area contributed by atoms with E-state index in [4.69, 9.17) is 28.3 Å². The highest BCUT2D eigenvalue weighted by Gasteiger charge is 2.15. The zero-order chi connectivity index (χ0) is 11.4. The highest BCUT2D eigenvalue weighted by molar-refractivity contribution is 7.20. The number of aliphatic carboxylic acids is 1. The molecule has 1 rings (SSSR count). The SMILES string of the molecule is O=C(O)CCCC(O)c1cc(Cl)sc1Cl. The van der Waals surface area contributed by atoms with E-state index in [1.807, 2.05) is 0 Å². The minimum atomic E-state index is -0.864. The predicted molar refractivity (Wildman–Crippen MR) is 60.8 cm³/mol. The van der Waals surface area contributed by atoms with Crippen molar-refractivity contribution < 1.29 is 15.0 Å². The van der Waals surface area contributed by atoms with E-state index in [2.05, 4.69) is 0 Å². The second-order valence-electron chi connectivity index (χ2n) is 3.08. The lowest BCUT2D eigenvalue weighted by molar-refractivity contribution is -0.137. The van der Waals surface area contributed by atoms with Crippen molar-refractivity contribution in [1.29, 1.82) is 0 Å². The van der Waals surface area contributed by atoms with Gasteiger partial charge in [0.1, 0.15) is 4.34 Å². The van der Waals surface area contributed by atoms with Crippen LogP contribution >= 0.6 is 34.5 Å². The molecule has 0 amide bonds. The van der Waals surface area contributed by atoms with Crippen molar-refractivity contribution in [2.45, 2.75) is 25.4 Å². The maximum Gasteiger partial charge on any atom is 0.303 e. The first-order valence-electron chi connectivity index (χ1n) is 4.35. The van der Waals surface area contributed by atoms with Gasteiger partial charge in [0.2, 0.25) is 0 Å². The van der Waals surface area contributed by atoms with Crippen molar-refractivity contribution in [3.63, 3.8) is 0 Å². The Labute approximate surface area is 101 Å². The quantitative estimate of drug-likeness (QED) is 0.861. The summed E-state index contributed by atoms with van der Waals surface area (Å²) in [5.41, 5.74) is 0.581. The molecule has 1 aromatic heterocycles. The third-order valence-corrected chi connectivity index (χ3v) is 3.43. The molecule has 1 heterocycles. The number of hydrogen-bond acceptors (Lipinski definition) is 3. The molecule has 0 aliphatic heterocycles. The molecule has 15 heavy (non-hydrogen) atoms. The summed E-state index contributed by atoms with van der Waals surface area (Å²) in [6, 6.07) is 1.61. The van der Waals surface area contributed by atoms with Gasteiger partial charge in [-0.05, 0) is 18.9 Å². The number of hydrogen-bond donors (Lipinski definition) is 2. The van der Waals surface area contributed by atoms with Gasteiger partial charge in [0.15, 0.2) is 0 Å². The number of thiophene rings is 1. The third kappa shape index (κ3) is 3.99. The van der Waals surface area contributed by atoms with Gasteiger partial charge in [-0.3, -0.25) is 4.79 Å². The molecule has 0 saturated heterocycles. The number of carboxylic acids is 1. The summed E-state index contributed by atoms with van der Waals surface area (Å²) < 4.78 is 0.982. The van der Waals surface area contributed by atoms with Crippen molar-refractivity contribution in [1.82, 2.24) is 0 Å². The number of aliphatic hydroxyl groups excluding tert-OH is 1. The highest BCUT2D eigenvalue weighted by Crippen LogP contribution is 2.36. The Bertz CT molecular complexity index is 351. The zero-order valence-electron chi connectivity index (χ0n) is 7.74. The normalized spacial score (nSPS) is 12.7. The minimum absolute atomic E-state index is 0.0482. The van der Waals surface area contributed by atoms with Gasteiger partial charge in [-0.1, -0.05) is 23.2 Å². The van der Waals surface area contributed by atoms with Crippen molar-refractivity contribution in [3.8, 4) is 0 Å². The van der Waals surface area contributed by atoms with E-state index in [0.717, 1.165) is 0 Å². The Morgan fingerprint density at radius 1 is 1.53 bits per heavy atom. The van der Waals surface area contributed by atoms with E-state index in [1.165, 1.54) is 11.3 Å². The van der Waals surface area contributed by atoms with E-state index in [-0.39, 0.29) is 6.42 Å². The molecule has 6 heteroatoms. The monoisotopic (exact) mass is 268 g/mol. The lowest BCUT2D eigenvalue weighted by atomic mass is 10.1. The second kappa shape index (κ2) is 5.70. The average Bonchev–Trinajstić information content (AvgIpc) is 2.44. The number of carboxylic acid groups (broad SMARTS) is 1. The molecule has 0 bridgehead atoms. The molecule has 1 aromatic rings. The van der Waals surface area contributed by atoms with Crippen LogP contribution in [-0.2, 0) is 4.79 Å². The average molecular weight is 269 g/mol. The van der Waals surface area contributed by atoms with Crippen molar-refractivity contribution >= 4 is 40.5 Å². The van der Waals surface area contributed by atoms with Gasteiger partial charge in [0.05, 0.1) is 10.4 Å². The number of halogens is 2. The summed E-state index contributed by atoms with van der Waals surface area (Å²) >= 11 is 12.8. The molecule has 84 valence electrons. The van der Waals surface area contributed by atoms with E-state index in [9.17, 15) is 9.90 Å². The Morgan fingerprint density at radius 2 is 2.20 bits per heavy atom. The lowest BCUT2D eigenvalue weighted by Gasteiger charge is -2.07. The first kappa shape index (κ1) is 12.8. The zero-order valence-corrected chi connectivity index (χ0v) is 10.1. The molecule has 1 unspecified atom stereocenters. The third-order valence-electron chi connectivity index (χ3n) is 1.91. The van der Waals surface area contributed by atoms with Gasteiger partial charge in [0, 0.05) is 12.0 Å². The summed E-state index contributed by atoms with van der Waals surface area (Å²) in [6.45, 7) is 0. The van der Waals surface area contributed by atoms with Crippen molar-refractivity contribution in [3.05, 3.63) is 20.3 Å². The molecule has 0 radical (unpaired) electrons. The largest absolute Gasteiger partial charge is 0.481 e. The predicted octanol–water partition coefficient (Wildman–Crippen LogP) is 3.34. The number of rotatable bonds is 5. The Morgan fingerprint density at radius 3 is 2.67 bits per heavy atom. The molecular formula is C9H10Cl2O3S. The molecule has 0 spiro atoms. The van der Waals surface area contributed by atoms with Crippen LogP contribution in [0.3, 0.4) is 0 Å². The number of carbonyl (C=O) groups is 1. The van der Waals surface area contributed by atoms with Gasteiger partial charge in [-0.15, -0.1) is 11.3 Å². The van der Waals surface area contributed by atoms with E-state index < -0.39 is 12.1 Å². The highest BCUT2D eigenvalue weighted by atomic mass is 35.5. The van der Waals surface area contributed by atoms with Crippen LogP contribution in [-0.4, -0.2) is 16.2 Å². The fourth-order valence-electron chi connectivity index (χ4n) is 1.18. The molecule has 0 fully saturated rings. The van der Waals surface area contributed by atoms with Crippen LogP contribution < -0.4 is 0 Å².